The predicted molar refractivity (Wildman–Crippen MR) is 109 cm³/mol. The topological polar surface area (TPSA) is 30.5 Å². The molecule has 0 amide bonds. The van der Waals surface area contributed by atoms with Crippen molar-refractivity contribution in [2.24, 2.45) is 0 Å². The fourth-order valence-corrected chi connectivity index (χ4v) is 2.88. The number of halogens is 1. The number of ether oxygens (including phenoxy) is 2. The van der Waals surface area contributed by atoms with Crippen molar-refractivity contribution in [1.29, 1.82) is 0 Å². The molecule has 0 aromatic heterocycles. The molecule has 0 saturated carbocycles. The molecule has 2 aromatic rings. The third-order valence-corrected chi connectivity index (χ3v) is 4.55. The van der Waals surface area contributed by atoms with E-state index in [9.17, 15) is 0 Å². The van der Waals surface area contributed by atoms with Crippen LogP contribution >= 0.6 is 11.6 Å². The monoisotopic (exact) mass is 375 g/mol. The van der Waals surface area contributed by atoms with Crippen LogP contribution in [0.2, 0.25) is 5.02 Å². The lowest BCUT2D eigenvalue weighted by Gasteiger charge is -2.15. The van der Waals surface area contributed by atoms with E-state index in [-0.39, 0.29) is 0 Å². The summed E-state index contributed by atoms with van der Waals surface area (Å²) in [6.07, 6.45) is 3.66. The highest BCUT2D eigenvalue weighted by atomic mass is 35.5. The summed E-state index contributed by atoms with van der Waals surface area (Å²) in [6.45, 7) is 9.08. The summed E-state index contributed by atoms with van der Waals surface area (Å²) in [5.74, 6) is 1.43. The SMILES string of the molecule is CCCCCNCc1cc(OCC)c(OCc2ccc(C)cc2)cc1Cl. The molecule has 0 spiro atoms. The lowest BCUT2D eigenvalue weighted by molar-refractivity contribution is 0.269. The van der Waals surface area contributed by atoms with Crippen molar-refractivity contribution in [3.8, 4) is 11.5 Å². The van der Waals surface area contributed by atoms with Crippen LogP contribution in [0.4, 0.5) is 0 Å². The summed E-state index contributed by atoms with van der Waals surface area (Å²) in [6, 6.07) is 12.2. The minimum Gasteiger partial charge on any atom is -0.490 e. The Bertz CT molecular complexity index is 671. The molecule has 0 aliphatic heterocycles. The van der Waals surface area contributed by atoms with E-state index >= 15 is 0 Å². The maximum Gasteiger partial charge on any atom is 0.163 e. The van der Waals surface area contributed by atoms with Gasteiger partial charge >= 0.3 is 0 Å². The van der Waals surface area contributed by atoms with Crippen LogP contribution in [0.5, 0.6) is 11.5 Å². The maximum atomic E-state index is 6.47. The van der Waals surface area contributed by atoms with Crippen LogP contribution < -0.4 is 14.8 Å². The first kappa shape index (κ1) is 20.6. The van der Waals surface area contributed by atoms with Gasteiger partial charge in [0.1, 0.15) is 6.61 Å². The zero-order chi connectivity index (χ0) is 18.8. The standard InChI is InChI=1S/C22H30ClNO2/c1-4-6-7-12-24-15-19-13-21(25-5-2)22(14-20(19)23)26-16-18-10-8-17(3)9-11-18/h8-11,13-14,24H,4-7,12,15-16H2,1-3H3. The molecule has 0 radical (unpaired) electrons. The van der Waals surface area contributed by atoms with Gasteiger partial charge in [-0.2, -0.15) is 0 Å². The Morgan fingerprint density at radius 3 is 2.38 bits per heavy atom. The number of rotatable bonds is 11. The van der Waals surface area contributed by atoms with Crippen molar-refractivity contribution >= 4 is 11.6 Å². The van der Waals surface area contributed by atoms with Gasteiger partial charge in [0, 0.05) is 17.6 Å². The molecule has 0 unspecified atom stereocenters. The molecule has 0 atom stereocenters. The van der Waals surface area contributed by atoms with Crippen LogP contribution in [0.25, 0.3) is 0 Å². The Morgan fingerprint density at radius 1 is 0.962 bits per heavy atom. The summed E-state index contributed by atoms with van der Waals surface area (Å²) >= 11 is 6.47. The molecule has 0 fully saturated rings. The van der Waals surface area contributed by atoms with Crippen LogP contribution in [0.3, 0.4) is 0 Å². The number of aryl methyl sites for hydroxylation is 1. The number of hydrogen-bond acceptors (Lipinski definition) is 3. The summed E-state index contributed by atoms with van der Waals surface area (Å²) in [7, 11) is 0. The Kier molecular flexibility index (Phi) is 8.79. The first-order valence-corrected chi connectivity index (χ1v) is 9.86. The Hall–Kier alpha value is -1.71. The molecule has 26 heavy (non-hydrogen) atoms. The molecule has 2 aromatic carbocycles. The average molecular weight is 376 g/mol. The quantitative estimate of drug-likeness (QED) is 0.495. The van der Waals surface area contributed by atoms with Crippen LogP contribution in [0.15, 0.2) is 36.4 Å². The van der Waals surface area contributed by atoms with E-state index in [2.05, 4.69) is 43.4 Å². The van der Waals surface area contributed by atoms with Crippen molar-refractivity contribution in [3.05, 3.63) is 58.1 Å². The predicted octanol–water partition coefficient (Wildman–Crippen LogP) is 5.91. The van der Waals surface area contributed by atoms with Crippen molar-refractivity contribution < 1.29 is 9.47 Å². The van der Waals surface area contributed by atoms with Crippen molar-refractivity contribution in [2.45, 2.75) is 53.2 Å². The second kappa shape index (κ2) is 11.1. The molecule has 1 N–H and O–H groups in total. The molecule has 4 heteroatoms. The van der Waals surface area contributed by atoms with Crippen LogP contribution in [0.1, 0.15) is 49.8 Å². The summed E-state index contributed by atoms with van der Waals surface area (Å²) < 4.78 is 11.8. The largest absolute Gasteiger partial charge is 0.490 e. The van der Waals surface area contributed by atoms with Gasteiger partial charge in [0.25, 0.3) is 0 Å². The third kappa shape index (κ3) is 6.54. The van der Waals surface area contributed by atoms with Crippen LogP contribution in [-0.4, -0.2) is 13.2 Å². The minimum atomic E-state index is 0.491. The second-order valence-electron chi connectivity index (χ2n) is 6.48. The molecule has 3 nitrogen and oxygen atoms in total. The number of benzene rings is 2. The lowest BCUT2D eigenvalue weighted by Crippen LogP contribution is -2.15. The molecule has 0 heterocycles. The fraction of sp³-hybridized carbons (Fsp3) is 0.455. The minimum absolute atomic E-state index is 0.491. The molecular formula is C22H30ClNO2. The van der Waals surface area contributed by atoms with Gasteiger partial charge in [-0.25, -0.2) is 0 Å². The smallest absolute Gasteiger partial charge is 0.163 e. The zero-order valence-corrected chi connectivity index (χ0v) is 16.9. The highest BCUT2D eigenvalue weighted by Gasteiger charge is 2.11. The van der Waals surface area contributed by atoms with Crippen molar-refractivity contribution in [3.63, 3.8) is 0 Å². The summed E-state index contributed by atoms with van der Waals surface area (Å²) in [4.78, 5) is 0. The first-order valence-electron chi connectivity index (χ1n) is 9.48. The first-order chi connectivity index (χ1) is 12.6. The molecule has 0 aliphatic rings. The number of unbranched alkanes of at least 4 members (excludes halogenated alkanes) is 2. The molecule has 0 aliphatic carbocycles. The van der Waals surface area contributed by atoms with E-state index in [1.807, 2.05) is 19.1 Å². The van der Waals surface area contributed by atoms with Gasteiger partial charge in [-0.1, -0.05) is 61.2 Å². The molecule has 2 rings (SSSR count). The lowest BCUT2D eigenvalue weighted by atomic mass is 10.1. The van der Waals surface area contributed by atoms with Crippen molar-refractivity contribution in [1.82, 2.24) is 5.32 Å². The molecule has 0 bridgehead atoms. The van der Waals surface area contributed by atoms with Crippen molar-refractivity contribution in [2.75, 3.05) is 13.2 Å². The fourth-order valence-electron chi connectivity index (χ4n) is 2.66. The Morgan fingerprint density at radius 2 is 1.69 bits per heavy atom. The van der Waals surface area contributed by atoms with Gasteiger partial charge in [-0.15, -0.1) is 0 Å². The Labute approximate surface area is 162 Å². The van der Waals surface area contributed by atoms with E-state index in [0.29, 0.717) is 24.0 Å². The van der Waals surface area contributed by atoms with E-state index in [1.54, 1.807) is 0 Å². The Balaban J connectivity index is 2.03. The van der Waals surface area contributed by atoms with E-state index < -0.39 is 0 Å². The number of nitrogens with one attached hydrogen (secondary N) is 1. The van der Waals surface area contributed by atoms with Gasteiger partial charge in [-0.3, -0.25) is 0 Å². The van der Waals surface area contributed by atoms with Gasteiger partial charge in [0.05, 0.1) is 6.61 Å². The van der Waals surface area contributed by atoms with E-state index in [0.717, 1.165) is 30.0 Å². The summed E-state index contributed by atoms with van der Waals surface area (Å²) in [5, 5.41) is 4.15. The van der Waals surface area contributed by atoms with Gasteiger partial charge in [0.15, 0.2) is 11.5 Å². The van der Waals surface area contributed by atoms with E-state index in [4.69, 9.17) is 21.1 Å². The third-order valence-electron chi connectivity index (χ3n) is 4.20. The second-order valence-corrected chi connectivity index (χ2v) is 6.89. The molecular weight excluding hydrogens is 346 g/mol. The van der Waals surface area contributed by atoms with Crippen LogP contribution in [0, 0.1) is 6.92 Å². The van der Waals surface area contributed by atoms with Crippen LogP contribution in [-0.2, 0) is 13.2 Å². The van der Waals surface area contributed by atoms with Gasteiger partial charge in [0.2, 0.25) is 0 Å². The average Bonchev–Trinajstić information content (AvgIpc) is 2.64. The zero-order valence-electron chi connectivity index (χ0n) is 16.1. The van der Waals surface area contributed by atoms with Gasteiger partial charge < -0.3 is 14.8 Å². The van der Waals surface area contributed by atoms with E-state index in [1.165, 1.54) is 24.8 Å². The number of hydrogen-bond donors (Lipinski definition) is 1. The molecule has 142 valence electrons. The normalized spacial score (nSPS) is 10.8. The maximum absolute atomic E-state index is 6.47. The highest BCUT2D eigenvalue weighted by molar-refractivity contribution is 6.31. The summed E-state index contributed by atoms with van der Waals surface area (Å²) in [5.41, 5.74) is 3.40. The highest BCUT2D eigenvalue weighted by Crippen LogP contribution is 2.34. The molecule has 0 saturated heterocycles. The van der Waals surface area contributed by atoms with Gasteiger partial charge in [-0.05, 0) is 44.0 Å².